The van der Waals surface area contributed by atoms with Gasteiger partial charge in [0.1, 0.15) is 24.4 Å². The molecule has 9 nitrogen and oxygen atoms in total. The maximum Gasteiger partial charge on any atom is 0.303 e. The molecule has 1 aliphatic heterocycles. The summed E-state index contributed by atoms with van der Waals surface area (Å²) in [5.41, 5.74) is 1.79. The van der Waals surface area contributed by atoms with Gasteiger partial charge in [-0.2, -0.15) is 0 Å². The Bertz CT molecular complexity index is 1540. The van der Waals surface area contributed by atoms with Gasteiger partial charge in [-0.1, -0.05) is 181 Å². The van der Waals surface area contributed by atoms with Crippen molar-refractivity contribution in [1.29, 1.82) is 0 Å². The van der Waals surface area contributed by atoms with E-state index in [2.05, 4.69) is 6.92 Å². The summed E-state index contributed by atoms with van der Waals surface area (Å²) in [6, 6.07) is 27.2. The van der Waals surface area contributed by atoms with E-state index in [0.29, 0.717) is 23.3 Å². The summed E-state index contributed by atoms with van der Waals surface area (Å²) >= 11 is 0. The quantitative estimate of drug-likeness (QED) is 0.0452. The Hall–Kier alpha value is -3.15. The van der Waals surface area contributed by atoms with Crippen molar-refractivity contribution >= 4 is 5.97 Å². The smallest absolute Gasteiger partial charge is 0.303 e. The van der Waals surface area contributed by atoms with Gasteiger partial charge in [0.2, 0.25) is 0 Å². The Balaban J connectivity index is 1.39. The first-order chi connectivity index (χ1) is 29.8. The Kier molecular flexibility index (Phi) is 22.2. The Morgan fingerprint density at radius 3 is 1.59 bits per heavy atom. The Labute approximate surface area is 353 Å². The monoisotopic (exact) mass is 808 g/mol. The molecule has 0 spiro atoms. The lowest BCUT2D eigenvalue weighted by molar-refractivity contribution is -0.324. The number of rotatable bonds is 32. The SMILES string of the molecule is [2H]C(OC[C@H]1OC(OC[C@@H](COCCCCCCCCCCCCCCCC)OC)[C@@H](OC(C)=O)[C@@H](OC([2H])c2ccccc2)[C@@H]1OC([2H])c1ccccc1)c1ccccc1. The average molecular weight is 808 g/mol. The van der Waals surface area contributed by atoms with E-state index in [1.54, 1.807) is 43.5 Å². The molecule has 1 aliphatic rings. The van der Waals surface area contributed by atoms with Crippen LogP contribution in [0.5, 0.6) is 0 Å². The van der Waals surface area contributed by atoms with Crippen molar-refractivity contribution in [2.75, 3.05) is 33.5 Å². The van der Waals surface area contributed by atoms with Crippen LogP contribution < -0.4 is 0 Å². The zero-order chi connectivity index (χ0) is 43.5. The van der Waals surface area contributed by atoms with Crippen LogP contribution in [0, 0.1) is 0 Å². The third-order valence-electron chi connectivity index (χ3n) is 10.2. The predicted octanol–water partition coefficient (Wildman–Crippen LogP) is 10.6. The van der Waals surface area contributed by atoms with Crippen molar-refractivity contribution in [3.05, 3.63) is 108 Å². The van der Waals surface area contributed by atoms with E-state index in [-0.39, 0.29) is 19.8 Å². The second kappa shape index (κ2) is 30.0. The molecule has 3 aromatic carbocycles. The molecule has 1 fully saturated rings. The summed E-state index contributed by atoms with van der Waals surface area (Å²) in [5, 5.41) is 0. The van der Waals surface area contributed by atoms with Gasteiger partial charge in [0.15, 0.2) is 12.4 Å². The molecule has 1 saturated heterocycles. The molecule has 0 saturated carbocycles. The highest BCUT2D eigenvalue weighted by Crippen LogP contribution is 2.31. The van der Waals surface area contributed by atoms with Crippen LogP contribution >= 0.6 is 0 Å². The van der Waals surface area contributed by atoms with Crippen molar-refractivity contribution in [3.63, 3.8) is 0 Å². The summed E-state index contributed by atoms with van der Waals surface area (Å²) < 4.78 is 76.2. The number of esters is 1. The molecule has 0 aromatic heterocycles. The van der Waals surface area contributed by atoms with E-state index in [4.69, 9.17) is 42.0 Å². The van der Waals surface area contributed by atoms with Crippen LogP contribution in [0.1, 0.15) is 125 Å². The molecule has 9 atom stereocenters. The highest BCUT2D eigenvalue weighted by atomic mass is 16.7. The summed E-state index contributed by atoms with van der Waals surface area (Å²) in [4.78, 5) is 12.7. The molecule has 0 aliphatic carbocycles. The zero-order valence-electron chi connectivity index (χ0n) is 38.3. The van der Waals surface area contributed by atoms with Crippen molar-refractivity contribution < 1.29 is 46.8 Å². The van der Waals surface area contributed by atoms with Gasteiger partial charge < -0.3 is 37.9 Å². The molecule has 4 rings (SSSR count). The molecular formula is C49H72O9. The second-order valence-electron chi connectivity index (χ2n) is 15.1. The summed E-state index contributed by atoms with van der Waals surface area (Å²) in [5.74, 6) is -0.619. The number of carbonyl (C=O) groups excluding carboxylic acids is 1. The lowest BCUT2D eigenvalue weighted by Gasteiger charge is -2.45. The fraction of sp³-hybridized carbons (Fsp3) is 0.612. The lowest BCUT2D eigenvalue weighted by atomic mass is 9.97. The highest BCUT2D eigenvalue weighted by Gasteiger charge is 2.50. The standard InChI is InChI=1S/C49H72O9/c1-4-5-6-7-8-9-10-11-12-13-14-15-16-26-33-52-37-44(51-3)38-56-49-48(57-40(2)50)47(55-36-43-31-24-19-25-32-43)46(54-35-42-29-22-18-23-30-42)45(58-49)39-53-34-41-27-20-17-21-28-41/h17-25,27-32,44-49H,4-16,26,33-39H2,1-3H3/t44-,45-,46-,47+,48+,49?/m1/s1/i34D,35D,36D/t34?,35?,36?,44-,45-,46-,47+,48+,49?. The first-order valence-electron chi connectivity index (χ1n) is 23.4. The van der Waals surface area contributed by atoms with Crippen molar-refractivity contribution in [3.8, 4) is 0 Å². The molecule has 9 heteroatoms. The highest BCUT2D eigenvalue weighted by molar-refractivity contribution is 5.66. The van der Waals surface area contributed by atoms with Gasteiger partial charge in [-0.25, -0.2) is 0 Å². The molecule has 0 radical (unpaired) electrons. The van der Waals surface area contributed by atoms with Gasteiger partial charge in [-0.15, -0.1) is 0 Å². The number of ether oxygens (including phenoxy) is 8. The van der Waals surface area contributed by atoms with Gasteiger partial charge in [0.25, 0.3) is 0 Å². The van der Waals surface area contributed by atoms with Crippen LogP contribution in [0.3, 0.4) is 0 Å². The summed E-state index contributed by atoms with van der Waals surface area (Å²) in [7, 11) is 1.59. The maximum absolute atomic E-state index is 12.7. The number of carbonyl (C=O) groups is 1. The van der Waals surface area contributed by atoms with E-state index in [1.165, 1.54) is 84.0 Å². The molecule has 0 bridgehead atoms. The van der Waals surface area contributed by atoms with E-state index in [1.807, 2.05) is 54.6 Å². The Morgan fingerprint density at radius 1 is 0.603 bits per heavy atom. The van der Waals surface area contributed by atoms with Gasteiger partial charge in [0, 0.05) is 20.6 Å². The molecule has 0 N–H and O–H groups in total. The molecule has 58 heavy (non-hydrogen) atoms. The van der Waals surface area contributed by atoms with Crippen LogP contribution in [0.2, 0.25) is 0 Å². The van der Waals surface area contributed by atoms with Crippen LogP contribution in [0.15, 0.2) is 91.0 Å². The molecule has 0 amide bonds. The molecule has 322 valence electrons. The minimum absolute atomic E-state index is 0.0304. The predicted molar refractivity (Wildman–Crippen MR) is 228 cm³/mol. The minimum Gasteiger partial charge on any atom is -0.454 e. The number of benzene rings is 3. The fourth-order valence-electron chi connectivity index (χ4n) is 6.93. The van der Waals surface area contributed by atoms with E-state index >= 15 is 0 Å². The van der Waals surface area contributed by atoms with E-state index in [0.717, 1.165) is 12.8 Å². The van der Waals surface area contributed by atoms with Crippen LogP contribution in [-0.2, 0) is 62.4 Å². The van der Waals surface area contributed by atoms with Crippen LogP contribution in [0.4, 0.5) is 0 Å². The maximum atomic E-state index is 12.7. The van der Waals surface area contributed by atoms with E-state index in [9.17, 15) is 4.79 Å². The van der Waals surface area contributed by atoms with E-state index < -0.39 is 62.5 Å². The van der Waals surface area contributed by atoms with Gasteiger partial charge in [-0.05, 0) is 23.1 Å². The average Bonchev–Trinajstić information content (AvgIpc) is 3.28. The van der Waals surface area contributed by atoms with Crippen molar-refractivity contribution in [1.82, 2.24) is 0 Å². The van der Waals surface area contributed by atoms with Crippen molar-refractivity contribution in [2.45, 2.75) is 160 Å². The van der Waals surface area contributed by atoms with Gasteiger partial charge in [0.05, 0.1) is 43.7 Å². The molecule has 1 heterocycles. The van der Waals surface area contributed by atoms with Crippen molar-refractivity contribution in [2.24, 2.45) is 0 Å². The summed E-state index contributed by atoms with van der Waals surface area (Å²) in [6.07, 6.45) is 12.0. The second-order valence-corrected chi connectivity index (χ2v) is 15.1. The van der Waals surface area contributed by atoms with Gasteiger partial charge in [-0.3, -0.25) is 4.79 Å². The lowest BCUT2D eigenvalue weighted by Crippen LogP contribution is -2.62. The molecule has 3 aromatic rings. The third-order valence-corrected chi connectivity index (χ3v) is 10.2. The largest absolute Gasteiger partial charge is 0.454 e. The number of hydrogen-bond donors (Lipinski definition) is 0. The number of hydrogen-bond acceptors (Lipinski definition) is 9. The third kappa shape index (κ3) is 19.3. The zero-order valence-corrected chi connectivity index (χ0v) is 35.3. The first-order valence-corrected chi connectivity index (χ1v) is 21.7. The Morgan fingerprint density at radius 2 is 1.09 bits per heavy atom. The number of methoxy groups -OCH3 is 1. The topological polar surface area (TPSA) is 90.9 Å². The van der Waals surface area contributed by atoms with Gasteiger partial charge >= 0.3 is 5.97 Å². The fourth-order valence-corrected chi connectivity index (χ4v) is 6.93. The van der Waals surface area contributed by atoms with Crippen LogP contribution in [0.25, 0.3) is 0 Å². The summed E-state index contributed by atoms with van der Waals surface area (Å²) in [6.45, 7) is 0.831. The minimum atomic E-state index is -1.22. The van der Waals surface area contributed by atoms with Crippen LogP contribution in [-0.4, -0.2) is 76.3 Å². The molecule has 4 unspecified atom stereocenters. The number of unbranched alkanes of at least 4 members (excludes halogenated alkanes) is 13. The first kappa shape index (κ1) is 43.0. The normalized spacial score (nSPS) is 22.3. The molecular weight excluding hydrogens is 733 g/mol.